The summed E-state index contributed by atoms with van der Waals surface area (Å²) in [5, 5.41) is 36.4. The van der Waals surface area contributed by atoms with Crippen molar-refractivity contribution in [2.75, 3.05) is 0 Å². The van der Waals surface area contributed by atoms with Crippen LogP contribution in [0.4, 0.5) is 0 Å². The number of rotatable bonds is 7. The first kappa shape index (κ1) is 13.8. The van der Waals surface area contributed by atoms with Gasteiger partial charge in [-0.3, -0.25) is 0 Å². The standard InChI is InChI=1S/C10H22O4/c1-3-5-8(2)10(13,14)7-4-6-9(11)12/h8-9,11-14H,3-7H2,1-2H3. The van der Waals surface area contributed by atoms with Crippen LogP contribution in [0.1, 0.15) is 46.0 Å². The molecule has 0 spiro atoms. The van der Waals surface area contributed by atoms with Gasteiger partial charge in [0.25, 0.3) is 0 Å². The largest absolute Gasteiger partial charge is 0.368 e. The Kier molecular flexibility index (Phi) is 6.27. The van der Waals surface area contributed by atoms with Gasteiger partial charge in [-0.25, -0.2) is 0 Å². The Morgan fingerprint density at radius 2 is 1.71 bits per heavy atom. The van der Waals surface area contributed by atoms with Crippen molar-refractivity contribution in [3.05, 3.63) is 0 Å². The van der Waals surface area contributed by atoms with Gasteiger partial charge in [-0.2, -0.15) is 0 Å². The van der Waals surface area contributed by atoms with Gasteiger partial charge in [-0.05, 0) is 19.3 Å². The molecule has 0 heterocycles. The van der Waals surface area contributed by atoms with Gasteiger partial charge in [-0.1, -0.05) is 20.3 Å². The molecule has 4 nitrogen and oxygen atoms in total. The van der Waals surface area contributed by atoms with E-state index >= 15 is 0 Å². The van der Waals surface area contributed by atoms with Gasteiger partial charge in [0.2, 0.25) is 0 Å². The second-order valence-electron chi connectivity index (χ2n) is 3.94. The fraction of sp³-hybridized carbons (Fsp3) is 1.00. The topological polar surface area (TPSA) is 80.9 Å². The van der Waals surface area contributed by atoms with Crippen LogP contribution in [-0.4, -0.2) is 32.5 Å². The van der Waals surface area contributed by atoms with Crippen LogP contribution in [0.5, 0.6) is 0 Å². The maximum atomic E-state index is 9.62. The molecule has 4 heteroatoms. The van der Waals surface area contributed by atoms with E-state index in [1.54, 1.807) is 6.92 Å². The molecule has 0 bridgehead atoms. The third-order valence-corrected chi connectivity index (χ3v) is 2.52. The summed E-state index contributed by atoms with van der Waals surface area (Å²) in [6.07, 6.45) is 1.08. The maximum Gasteiger partial charge on any atom is 0.165 e. The van der Waals surface area contributed by atoms with Crippen LogP contribution in [0.2, 0.25) is 0 Å². The monoisotopic (exact) mass is 206 g/mol. The lowest BCUT2D eigenvalue weighted by atomic mass is 9.91. The summed E-state index contributed by atoms with van der Waals surface area (Å²) in [7, 11) is 0. The highest BCUT2D eigenvalue weighted by Gasteiger charge is 2.29. The number of hydrogen-bond donors (Lipinski definition) is 4. The van der Waals surface area contributed by atoms with Crippen LogP contribution < -0.4 is 0 Å². The van der Waals surface area contributed by atoms with Crippen molar-refractivity contribution in [3.8, 4) is 0 Å². The molecule has 0 amide bonds. The van der Waals surface area contributed by atoms with Gasteiger partial charge >= 0.3 is 0 Å². The summed E-state index contributed by atoms with van der Waals surface area (Å²) in [4.78, 5) is 0. The van der Waals surface area contributed by atoms with Crippen LogP contribution in [-0.2, 0) is 0 Å². The van der Waals surface area contributed by atoms with Crippen molar-refractivity contribution in [2.24, 2.45) is 5.92 Å². The molecule has 0 radical (unpaired) electrons. The van der Waals surface area contributed by atoms with E-state index in [0.717, 1.165) is 12.8 Å². The molecule has 0 aliphatic rings. The molecule has 0 aliphatic heterocycles. The zero-order chi connectivity index (χ0) is 11.2. The number of aliphatic hydroxyl groups is 4. The Balaban J connectivity index is 3.81. The van der Waals surface area contributed by atoms with Gasteiger partial charge in [0.15, 0.2) is 12.1 Å². The Bertz CT molecular complexity index is 145. The maximum absolute atomic E-state index is 9.62. The van der Waals surface area contributed by atoms with Crippen molar-refractivity contribution in [1.29, 1.82) is 0 Å². The molecule has 86 valence electrons. The lowest BCUT2D eigenvalue weighted by molar-refractivity contribution is -0.204. The van der Waals surface area contributed by atoms with Crippen LogP contribution in [0.3, 0.4) is 0 Å². The average molecular weight is 206 g/mol. The van der Waals surface area contributed by atoms with Crippen LogP contribution in [0.25, 0.3) is 0 Å². The van der Waals surface area contributed by atoms with Crippen LogP contribution in [0, 0.1) is 5.92 Å². The van der Waals surface area contributed by atoms with E-state index in [-0.39, 0.29) is 18.8 Å². The molecule has 14 heavy (non-hydrogen) atoms. The molecule has 0 aliphatic carbocycles. The minimum absolute atomic E-state index is 0.177. The summed E-state index contributed by atoms with van der Waals surface area (Å²) in [5.74, 6) is -1.85. The lowest BCUT2D eigenvalue weighted by Crippen LogP contribution is -2.36. The van der Waals surface area contributed by atoms with E-state index < -0.39 is 12.1 Å². The predicted molar refractivity (Wildman–Crippen MR) is 53.3 cm³/mol. The fourth-order valence-corrected chi connectivity index (χ4v) is 1.46. The Morgan fingerprint density at radius 1 is 1.14 bits per heavy atom. The molecule has 0 fully saturated rings. The first-order valence-electron chi connectivity index (χ1n) is 5.21. The molecule has 0 saturated heterocycles. The molecule has 0 rings (SSSR count). The van der Waals surface area contributed by atoms with Crippen LogP contribution >= 0.6 is 0 Å². The Morgan fingerprint density at radius 3 is 2.14 bits per heavy atom. The highest BCUT2D eigenvalue weighted by Crippen LogP contribution is 2.24. The molecule has 0 saturated carbocycles. The summed E-state index contributed by atoms with van der Waals surface area (Å²) in [6, 6.07) is 0. The highest BCUT2D eigenvalue weighted by atomic mass is 16.5. The quantitative estimate of drug-likeness (QED) is 0.459. The fourth-order valence-electron chi connectivity index (χ4n) is 1.46. The third kappa shape index (κ3) is 5.54. The van der Waals surface area contributed by atoms with E-state index in [1.165, 1.54) is 0 Å². The van der Waals surface area contributed by atoms with Crippen molar-refractivity contribution in [3.63, 3.8) is 0 Å². The van der Waals surface area contributed by atoms with E-state index in [0.29, 0.717) is 6.42 Å². The van der Waals surface area contributed by atoms with E-state index in [4.69, 9.17) is 10.2 Å². The summed E-state index contributed by atoms with van der Waals surface area (Å²) >= 11 is 0. The molecule has 0 aromatic heterocycles. The second-order valence-corrected chi connectivity index (χ2v) is 3.94. The zero-order valence-corrected chi connectivity index (χ0v) is 8.98. The van der Waals surface area contributed by atoms with Gasteiger partial charge in [-0.15, -0.1) is 0 Å². The third-order valence-electron chi connectivity index (χ3n) is 2.52. The summed E-state index contributed by atoms with van der Waals surface area (Å²) in [5.41, 5.74) is 0. The molecular weight excluding hydrogens is 184 g/mol. The number of aliphatic hydroxyl groups excluding tert-OH is 1. The van der Waals surface area contributed by atoms with Gasteiger partial charge in [0, 0.05) is 12.3 Å². The van der Waals surface area contributed by atoms with E-state index in [9.17, 15) is 10.2 Å². The molecule has 4 N–H and O–H groups in total. The SMILES string of the molecule is CCCC(C)C(O)(O)CCCC(O)O. The minimum Gasteiger partial charge on any atom is -0.368 e. The van der Waals surface area contributed by atoms with Crippen molar-refractivity contribution in [1.82, 2.24) is 0 Å². The first-order valence-corrected chi connectivity index (χ1v) is 5.21. The summed E-state index contributed by atoms with van der Waals surface area (Å²) in [6.45, 7) is 3.78. The van der Waals surface area contributed by atoms with Crippen LogP contribution in [0.15, 0.2) is 0 Å². The molecule has 0 aromatic rings. The summed E-state index contributed by atoms with van der Waals surface area (Å²) < 4.78 is 0. The molecule has 1 unspecified atom stereocenters. The van der Waals surface area contributed by atoms with E-state index in [1.807, 2.05) is 6.92 Å². The highest BCUT2D eigenvalue weighted by molar-refractivity contribution is 4.72. The Labute approximate surface area is 85.2 Å². The van der Waals surface area contributed by atoms with Crippen molar-refractivity contribution < 1.29 is 20.4 Å². The first-order chi connectivity index (χ1) is 6.40. The number of hydrogen-bond acceptors (Lipinski definition) is 4. The molecular formula is C10H22O4. The van der Waals surface area contributed by atoms with Gasteiger partial charge in [0.1, 0.15) is 0 Å². The van der Waals surface area contributed by atoms with E-state index in [2.05, 4.69) is 0 Å². The minimum atomic E-state index is -1.68. The Hall–Kier alpha value is -0.160. The van der Waals surface area contributed by atoms with Gasteiger partial charge < -0.3 is 20.4 Å². The van der Waals surface area contributed by atoms with Crippen molar-refractivity contribution in [2.45, 2.75) is 58.0 Å². The van der Waals surface area contributed by atoms with Crippen molar-refractivity contribution >= 4 is 0 Å². The second kappa shape index (κ2) is 6.35. The normalized spacial score (nSPS) is 14.8. The smallest absolute Gasteiger partial charge is 0.165 e. The van der Waals surface area contributed by atoms with Gasteiger partial charge in [0.05, 0.1) is 0 Å². The lowest BCUT2D eigenvalue weighted by Gasteiger charge is -2.28. The predicted octanol–water partition coefficient (Wildman–Crippen LogP) is 0.584. The molecule has 1 atom stereocenters. The zero-order valence-electron chi connectivity index (χ0n) is 8.98. The molecule has 0 aromatic carbocycles. The average Bonchev–Trinajstić information content (AvgIpc) is 2.03.